The Morgan fingerprint density at radius 1 is 1.45 bits per heavy atom. The number of Topliss-reactive ketones (excluding diaryl/α,β-unsaturated/α-hetero) is 1. The first kappa shape index (κ1) is 10.8. The van der Waals surface area contributed by atoms with Crippen molar-refractivity contribution in [3.05, 3.63) is 42.3 Å². The first-order chi connectivity index (χ1) is 4.70. The molecule has 0 fully saturated rings. The van der Waals surface area contributed by atoms with Crippen LogP contribution in [0.2, 0.25) is 0 Å². The predicted octanol–water partition coefficient (Wildman–Crippen LogP) is 2.07. The summed E-state index contributed by atoms with van der Waals surface area (Å²) in [5, 5.41) is 0. The third-order valence-corrected chi connectivity index (χ3v) is 1.33. The van der Waals surface area contributed by atoms with Crippen LogP contribution in [0, 0.1) is 38.0 Å². The molecule has 0 unspecified atom stereocenters. The fourth-order valence-corrected chi connectivity index (χ4v) is 0.790. The molecular weight excluding hydrogens is 362 g/mol. The van der Waals surface area contributed by atoms with Gasteiger partial charge in [-0.2, -0.15) is 24.6 Å². The molecule has 0 amide bonds. The summed E-state index contributed by atoms with van der Waals surface area (Å²) in [5.74, 6) is 0.0884. The minimum Gasteiger partial charge on any atom is -0.296 e. The van der Waals surface area contributed by atoms with Crippen molar-refractivity contribution in [1.82, 2.24) is 0 Å². The molecule has 0 saturated heterocycles. The van der Waals surface area contributed by atoms with Crippen LogP contribution in [-0.2, 0) is 0 Å². The Kier molecular flexibility index (Phi) is 4.56. The van der Waals surface area contributed by atoms with Crippen LogP contribution in [0.15, 0.2) is 24.3 Å². The summed E-state index contributed by atoms with van der Waals surface area (Å²) < 4.78 is 0. The van der Waals surface area contributed by atoms with Crippen LogP contribution in [0.1, 0.15) is 22.8 Å². The molecule has 2 heteroatoms. The standard InChI is InChI=1S/C9H9O.U/c1-7-4-3-5-9(6-7)8(2)10;/h3-6H,1H2,2H3;/q-1;. The van der Waals surface area contributed by atoms with Crippen LogP contribution >= 0.6 is 0 Å². The Balaban J connectivity index is 0.000001000. The number of hydrogen-bond donors (Lipinski definition) is 0. The van der Waals surface area contributed by atoms with Gasteiger partial charge in [-0.1, -0.05) is 6.07 Å². The smallest absolute Gasteiger partial charge is 0.147 e. The van der Waals surface area contributed by atoms with E-state index in [1.165, 1.54) is 0 Å². The molecule has 0 aliphatic carbocycles. The third-order valence-electron chi connectivity index (χ3n) is 1.33. The maximum Gasteiger partial charge on any atom is 0.147 e. The maximum absolute atomic E-state index is 10.8. The topological polar surface area (TPSA) is 17.1 Å². The monoisotopic (exact) mass is 371 g/mol. The average molecular weight is 371 g/mol. The van der Waals surface area contributed by atoms with E-state index < -0.39 is 0 Å². The van der Waals surface area contributed by atoms with Crippen molar-refractivity contribution >= 4 is 5.78 Å². The largest absolute Gasteiger partial charge is 0.296 e. The van der Waals surface area contributed by atoms with Crippen LogP contribution in [0.3, 0.4) is 0 Å². The van der Waals surface area contributed by atoms with Gasteiger partial charge < -0.3 is 0 Å². The summed E-state index contributed by atoms with van der Waals surface area (Å²) in [5.41, 5.74) is 1.61. The van der Waals surface area contributed by atoms with Crippen molar-refractivity contribution < 1.29 is 35.9 Å². The Hall–Kier alpha value is -0.188. The van der Waals surface area contributed by atoms with E-state index in [1.807, 2.05) is 12.1 Å². The molecule has 0 N–H and O–H groups in total. The summed E-state index contributed by atoms with van der Waals surface area (Å²) in [6, 6.07) is 7.27. The van der Waals surface area contributed by atoms with Crippen molar-refractivity contribution in [2.45, 2.75) is 6.92 Å². The van der Waals surface area contributed by atoms with Crippen molar-refractivity contribution in [2.75, 3.05) is 0 Å². The molecule has 0 aliphatic heterocycles. The first-order valence-electron chi connectivity index (χ1n) is 3.13. The maximum atomic E-state index is 10.8. The molecule has 11 heavy (non-hydrogen) atoms. The summed E-state index contributed by atoms with van der Waals surface area (Å²) in [6.07, 6.45) is 0. The van der Waals surface area contributed by atoms with Crippen LogP contribution in [-0.4, -0.2) is 5.78 Å². The normalized spacial score (nSPS) is 8.45. The van der Waals surface area contributed by atoms with Gasteiger partial charge in [0.05, 0.1) is 0 Å². The second-order valence-corrected chi connectivity index (χ2v) is 2.26. The molecule has 1 aromatic carbocycles. The quantitative estimate of drug-likeness (QED) is 0.546. The number of rotatable bonds is 1. The Morgan fingerprint density at radius 2 is 2.09 bits per heavy atom. The molecule has 1 aromatic rings. The third kappa shape index (κ3) is 3.14. The van der Waals surface area contributed by atoms with Gasteiger partial charge >= 0.3 is 0 Å². The first-order valence-corrected chi connectivity index (χ1v) is 3.13. The summed E-state index contributed by atoms with van der Waals surface area (Å²) in [4.78, 5) is 10.8. The molecule has 0 radical (unpaired) electrons. The van der Waals surface area contributed by atoms with E-state index in [2.05, 4.69) is 6.92 Å². The van der Waals surface area contributed by atoms with E-state index in [-0.39, 0.29) is 36.9 Å². The Bertz CT molecular complexity index is 255. The van der Waals surface area contributed by atoms with Crippen molar-refractivity contribution in [2.24, 2.45) is 0 Å². The second kappa shape index (κ2) is 4.64. The van der Waals surface area contributed by atoms with E-state index in [0.29, 0.717) is 0 Å². The average Bonchev–Trinajstić information content (AvgIpc) is 1.88. The Morgan fingerprint density at radius 3 is 2.45 bits per heavy atom. The zero-order chi connectivity index (χ0) is 7.56. The number of benzene rings is 1. The van der Waals surface area contributed by atoms with Gasteiger partial charge in [-0.25, -0.2) is 0 Å². The van der Waals surface area contributed by atoms with Crippen LogP contribution < -0.4 is 0 Å². The predicted molar refractivity (Wildman–Crippen MR) is 40.9 cm³/mol. The molecule has 0 atom stereocenters. The van der Waals surface area contributed by atoms with Gasteiger partial charge in [-0.05, 0) is 12.5 Å². The van der Waals surface area contributed by atoms with E-state index in [9.17, 15) is 4.79 Å². The van der Waals surface area contributed by atoms with Crippen molar-refractivity contribution in [3.8, 4) is 0 Å². The van der Waals surface area contributed by atoms with Gasteiger partial charge in [-0.15, -0.1) is 6.07 Å². The SMILES string of the molecule is [CH2-]c1cccc(C(C)=O)c1.[U]. The van der Waals surface area contributed by atoms with Crippen LogP contribution in [0.25, 0.3) is 0 Å². The number of ketones is 1. The van der Waals surface area contributed by atoms with Gasteiger partial charge in [0, 0.05) is 31.1 Å². The number of carbonyl (C=O) groups is 1. The molecule has 1 rings (SSSR count). The fourth-order valence-electron chi connectivity index (χ4n) is 0.790. The van der Waals surface area contributed by atoms with Crippen LogP contribution in [0.5, 0.6) is 0 Å². The summed E-state index contributed by atoms with van der Waals surface area (Å²) in [6.45, 7) is 5.26. The van der Waals surface area contributed by atoms with Gasteiger partial charge in [0.15, 0.2) is 0 Å². The fraction of sp³-hybridized carbons (Fsp3) is 0.111. The number of hydrogen-bond acceptors (Lipinski definition) is 1. The molecule has 1 nitrogen and oxygen atoms in total. The van der Waals surface area contributed by atoms with E-state index in [1.54, 1.807) is 19.1 Å². The van der Waals surface area contributed by atoms with E-state index >= 15 is 0 Å². The van der Waals surface area contributed by atoms with Gasteiger partial charge in [-0.3, -0.25) is 4.79 Å². The van der Waals surface area contributed by atoms with Gasteiger partial charge in [0.1, 0.15) is 5.78 Å². The minimum absolute atomic E-state index is 0. The van der Waals surface area contributed by atoms with Gasteiger partial charge in [0.25, 0.3) is 0 Å². The molecule has 0 saturated carbocycles. The van der Waals surface area contributed by atoms with E-state index in [4.69, 9.17) is 0 Å². The van der Waals surface area contributed by atoms with Crippen molar-refractivity contribution in [1.29, 1.82) is 0 Å². The Labute approximate surface area is 90.6 Å². The van der Waals surface area contributed by atoms with Gasteiger partial charge in [0.2, 0.25) is 0 Å². The summed E-state index contributed by atoms with van der Waals surface area (Å²) in [7, 11) is 0. The molecule has 0 aliphatic rings. The zero-order valence-electron chi connectivity index (χ0n) is 6.42. The molecule has 0 heterocycles. The van der Waals surface area contributed by atoms with Crippen LogP contribution in [0.4, 0.5) is 0 Å². The van der Waals surface area contributed by atoms with Crippen molar-refractivity contribution in [3.63, 3.8) is 0 Å². The molecule has 0 bridgehead atoms. The minimum atomic E-state index is 0. The number of carbonyl (C=O) groups excluding carboxylic acids is 1. The molecule has 56 valence electrons. The second-order valence-electron chi connectivity index (χ2n) is 2.26. The zero-order valence-corrected chi connectivity index (χ0v) is 10.6. The van der Waals surface area contributed by atoms with E-state index in [0.717, 1.165) is 11.1 Å². The summed E-state index contributed by atoms with van der Waals surface area (Å²) >= 11 is 0. The molecule has 0 spiro atoms. The molecular formula is C9H9OU-. The molecule has 0 aromatic heterocycles.